The number of fused-ring (bicyclic) bond motifs is 1. The molecule has 0 saturated carbocycles. The van der Waals surface area contributed by atoms with Gasteiger partial charge in [-0.05, 0) is 35.2 Å². The predicted octanol–water partition coefficient (Wildman–Crippen LogP) is 2.62. The Morgan fingerprint density at radius 3 is 2.33 bits per heavy atom. The second kappa shape index (κ2) is 8.49. The second-order valence-corrected chi connectivity index (χ2v) is 8.24. The maximum Gasteiger partial charge on any atom is 0.269 e. The molecule has 7 heteroatoms. The van der Waals surface area contributed by atoms with Gasteiger partial charge >= 0.3 is 0 Å². The Labute approximate surface area is 175 Å². The van der Waals surface area contributed by atoms with E-state index in [4.69, 9.17) is 0 Å². The largest absolute Gasteiger partial charge is 0.299 e. The minimum atomic E-state index is -0.389. The number of amides is 2. The van der Waals surface area contributed by atoms with Gasteiger partial charge in [-0.1, -0.05) is 45.0 Å². The van der Waals surface area contributed by atoms with Crippen LogP contribution in [0.3, 0.4) is 0 Å². The summed E-state index contributed by atoms with van der Waals surface area (Å²) in [7, 11) is 1.64. The summed E-state index contributed by atoms with van der Waals surface area (Å²) in [6.07, 6.45) is 0.362. The Morgan fingerprint density at radius 1 is 1.00 bits per heavy atom. The van der Waals surface area contributed by atoms with Gasteiger partial charge in [-0.2, -0.15) is 0 Å². The third-order valence-electron chi connectivity index (χ3n) is 4.98. The average Bonchev–Trinajstić information content (AvgIpc) is 2.73. The standard InChI is InChI=1S/C23H26N4O3/c1-23(2,3)16-11-9-15(10-12-16)21(29)26-25-20(28)14-13-19-24-18-8-6-5-7-17(18)22(30)27(19)4/h5-12H,13-14H2,1-4H3,(H,25,28)(H,26,29). The van der Waals surface area contributed by atoms with E-state index < -0.39 is 0 Å². The molecule has 0 radical (unpaired) electrons. The summed E-state index contributed by atoms with van der Waals surface area (Å²) in [4.78, 5) is 41.3. The topological polar surface area (TPSA) is 93.1 Å². The molecule has 0 saturated heterocycles. The second-order valence-electron chi connectivity index (χ2n) is 8.24. The molecular weight excluding hydrogens is 380 g/mol. The highest BCUT2D eigenvalue weighted by Crippen LogP contribution is 2.22. The average molecular weight is 406 g/mol. The van der Waals surface area contributed by atoms with Gasteiger partial charge in [-0.15, -0.1) is 0 Å². The molecule has 0 unspecified atom stereocenters. The Bertz CT molecular complexity index is 1140. The Kier molecular flexibility index (Phi) is 6.01. The molecule has 0 atom stereocenters. The zero-order valence-corrected chi connectivity index (χ0v) is 17.7. The van der Waals surface area contributed by atoms with E-state index in [1.54, 1.807) is 37.4 Å². The third kappa shape index (κ3) is 4.74. The lowest BCUT2D eigenvalue weighted by atomic mass is 9.87. The van der Waals surface area contributed by atoms with Gasteiger partial charge in [0.05, 0.1) is 10.9 Å². The van der Waals surface area contributed by atoms with Crippen molar-refractivity contribution in [3.63, 3.8) is 0 Å². The van der Waals surface area contributed by atoms with Crippen LogP contribution in [0.2, 0.25) is 0 Å². The lowest BCUT2D eigenvalue weighted by Crippen LogP contribution is -2.41. The molecule has 3 aromatic rings. The number of hydrogen-bond donors (Lipinski definition) is 2. The first-order valence-corrected chi connectivity index (χ1v) is 9.81. The van der Waals surface area contributed by atoms with E-state index in [1.165, 1.54) is 4.57 Å². The highest BCUT2D eigenvalue weighted by Gasteiger charge is 2.15. The molecule has 0 aliphatic heterocycles. The maximum absolute atomic E-state index is 12.4. The fourth-order valence-corrected chi connectivity index (χ4v) is 3.10. The van der Waals surface area contributed by atoms with Crippen LogP contribution in [0.15, 0.2) is 53.3 Å². The number of nitrogens with one attached hydrogen (secondary N) is 2. The van der Waals surface area contributed by atoms with Crippen LogP contribution >= 0.6 is 0 Å². The van der Waals surface area contributed by atoms with E-state index in [-0.39, 0.29) is 35.6 Å². The number of carbonyl (C=O) groups excluding carboxylic acids is 2. The minimum absolute atomic E-state index is 0.000117. The number of rotatable bonds is 4. The van der Waals surface area contributed by atoms with E-state index >= 15 is 0 Å². The zero-order valence-electron chi connectivity index (χ0n) is 17.7. The molecule has 3 rings (SSSR count). The number of carbonyl (C=O) groups is 2. The number of benzene rings is 2. The molecule has 1 heterocycles. The van der Waals surface area contributed by atoms with Crippen molar-refractivity contribution < 1.29 is 9.59 Å². The molecule has 0 aliphatic carbocycles. The number of nitrogens with zero attached hydrogens (tertiary/aromatic N) is 2. The fraction of sp³-hybridized carbons (Fsp3) is 0.304. The lowest BCUT2D eigenvalue weighted by molar-refractivity contribution is -0.121. The number of hydrazine groups is 1. The van der Waals surface area contributed by atoms with E-state index in [0.717, 1.165) is 5.56 Å². The molecule has 0 spiro atoms. The quantitative estimate of drug-likeness (QED) is 0.652. The van der Waals surface area contributed by atoms with Crippen LogP contribution in [0.1, 0.15) is 48.9 Å². The van der Waals surface area contributed by atoms with Gasteiger partial charge in [0.25, 0.3) is 11.5 Å². The smallest absolute Gasteiger partial charge is 0.269 e. The van der Waals surface area contributed by atoms with Crippen molar-refractivity contribution in [1.82, 2.24) is 20.4 Å². The van der Waals surface area contributed by atoms with E-state index in [2.05, 4.69) is 36.6 Å². The van der Waals surface area contributed by atoms with Gasteiger partial charge < -0.3 is 0 Å². The van der Waals surface area contributed by atoms with Crippen molar-refractivity contribution in [3.8, 4) is 0 Å². The highest BCUT2D eigenvalue weighted by molar-refractivity contribution is 5.95. The monoisotopic (exact) mass is 406 g/mol. The molecule has 0 bridgehead atoms. The van der Waals surface area contributed by atoms with E-state index in [9.17, 15) is 14.4 Å². The summed E-state index contributed by atoms with van der Waals surface area (Å²) >= 11 is 0. The minimum Gasteiger partial charge on any atom is -0.299 e. The zero-order chi connectivity index (χ0) is 21.9. The molecular formula is C23H26N4O3. The third-order valence-corrected chi connectivity index (χ3v) is 4.98. The number of para-hydroxylation sites is 1. The number of aryl methyl sites for hydroxylation is 1. The molecule has 0 aliphatic rings. The summed E-state index contributed by atoms with van der Waals surface area (Å²) in [6.45, 7) is 6.30. The van der Waals surface area contributed by atoms with Crippen LogP contribution in [0, 0.1) is 0 Å². The van der Waals surface area contributed by atoms with Crippen LogP contribution in [-0.4, -0.2) is 21.4 Å². The van der Waals surface area contributed by atoms with Crippen molar-refractivity contribution in [2.24, 2.45) is 7.05 Å². The summed E-state index contributed by atoms with van der Waals surface area (Å²) in [5.41, 5.74) is 6.87. The van der Waals surface area contributed by atoms with Crippen molar-refractivity contribution in [3.05, 3.63) is 75.8 Å². The van der Waals surface area contributed by atoms with Crippen molar-refractivity contribution in [2.75, 3.05) is 0 Å². The normalized spacial score (nSPS) is 11.3. The molecule has 2 amide bonds. The summed E-state index contributed by atoms with van der Waals surface area (Å²) in [6, 6.07) is 14.4. The van der Waals surface area contributed by atoms with Gasteiger partial charge in [-0.3, -0.25) is 29.8 Å². The SMILES string of the molecule is Cn1c(CCC(=O)NNC(=O)c2ccc(C(C)(C)C)cc2)nc2ccccc2c1=O. The van der Waals surface area contributed by atoms with Crippen LogP contribution in [0.25, 0.3) is 10.9 Å². The fourth-order valence-electron chi connectivity index (χ4n) is 3.10. The van der Waals surface area contributed by atoms with Crippen LogP contribution in [0.4, 0.5) is 0 Å². The van der Waals surface area contributed by atoms with Gasteiger partial charge in [0, 0.05) is 25.5 Å². The number of hydrogen-bond acceptors (Lipinski definition) is 4. The lowest BCUT2D eigenvalue weighted by Gasteiger charge is -2.19. The molecule has 30 heavy (non-hydrogen) atoms. The molecule has 7 nitrogen and oxygen atoms in total. The first-order valence-electron chi connectivity index (χ1n) is 9.81. The van der Waals surface area contributed by atoms with E-state index in [0.29, 0.717) is 22.3 Å². The van der Waals surface area contributed by atoms with Crippen molar-refractivity contribution in [1.29, 1.82) is 0 Å². The molecule has 2 N–H and O–H groups in total. The summed E-state index contributed by atoms with van der Waals surface area (Å²) < 4.78 is 1.45. The van der Waals surface area contributed by atoms with Crippen molar-refractivity contribution in [2.45, 2.75) is 39.0 Å². The van der Waals surface area contributed by atoms with Crippen LogP contribution in [0.5, 0.6) is 0 Å². The van der Waals surface area contributed by atoms with Crippen molar-refractivity contribution >= 4 is 22.7 Å². The van der Waals surface area contributed by atoms with Crippen LogP contribution in [-0.2, 0) is 23.7 Å². The molecule has 1 aromatic heterocycles. The Morgan fingerprint density at radius 2 is 1.67 bits per heavy atom. The Balaban J connectivity index is 1.58. The summed E-state index contributed by atoms with van der Waals surface area (Å²) in [5, 5.41) is 0.540. The molecule has 0 fully saturated rings. The van der Waals surface area contributed by atoms with Crippen LogP contribution < -0.4 is 16.4 Å². The molecule has 2 aromatic carbocycles. The van der Waals surface area contributed by atoms with E-state index in [1.807, 2.05) is 18.2 Å². The first kappa shape index (κ1) is 21.2. The van der Waals surface area contributed by atoms with Gasteiger partial charge in [-0.25, -0.2) is 4.98 Å². The van der Waals surface area contributed by atoms with Gasteiger partial charge in [0.1, 0.15) is 5.82 Å². The predicted molar refractivity (Wildman–Crippen MR) is 116 cm³/mol. The summed E-state index contributed by atoms with van der Waals surface area (Å²) in [5.74, 6) is -0.241. The highest BCUT2D eigenvalue weighted by atomic mass is 16.2. The molecule has 156 valence electrons. The Hall–Kier alpha value is -3.48. The van der Waals surface area contributed by atoms with Gasteiger partial charge in [0.2, 0.25) is 5.91 Å². The first-order chi connectivity index (χ1) is 14.2. The maximum atomic E-state index is 12.4. The van der Waals surface area contributed by atoms with Gasteiger partial charge in [0.15, 0.2) is 0 Å². The number of aromatic nitrogens is 2.